The van der Waals surface area contributed by atoms with Gasteiger partial charge in [0, 0.05) is 16.0 Å². The van der Waals surface area contributed by atoms with Crippen LogP contribution in [0.2, 0.25) is 10.0 Å². The minimum absolute atomic E-state index is 0.213. The van der Waals surface area contributed by atoms with Gasteiger partial charge in [0.05, 0.1) is 5.02 Å². The van der Waals surface area contributed by atoms with Gasteiger partial charge in [0.15, 0.2) is 11.3 Å². The van der Waals surface area contributed by atoms with Crippen molar-refractivity contribution in [2.24, 2.45) is 0 Å². The second kappa shape index (κ2) is 4.72. The smallest absolute Gasteiger partial charge is 0.228 e. The fourth-order valence-electron chi connectivity index (χ4n) is 1.91. The summed E-state index contributed by atoms with van der Waals surface area (Å²) < 4.78 is 5.53. The number of carbonyl (C=O) groups is 1. The van der Waals surface area contributed by atoms with Gasteiger partial charge in [-0.05, 0) is 24.3 Å². The molecule has 1 aromatic heterocycles. The maximum Gasteiger partial charge on any atom is 0.228 e. The van der Waals surface area contributed by atoms with E-state index in [9.17, 15) is 4.79 Å². The zero-order valence-electron chi connectivity index (χ0n) is 9.69. The van der Waals surface area contributed by atoms with E-state index >= 15 is 0 Å². The van der Waals surface area contributed by atoms with E-state index in [0.29, 0.717) is 21.2 Å². The van der Waals surface area contributed by atoms with Crippen LogP contribution in [0.15, 0.2) is 52.9 Å². The van der Waals surface area contributed by atoms with Crippen LogP contribution in [0.5, 0.6) is 0 Å². The number of hydrogen-bond donors (Lipinski definition) is 0. The maximum absolute atomic E-state index is 12.3. The quantitative estimate of drug-likeness (QED) is 0.624. The number of carbonyl (C=O) groups excluding carboxylic acids is 1. The SMILES string of the molecule is O=C(c1cccc(Cl)c1)c1cc2cccc(Cl)c2o1. The highest BCUT2D eigenvalue weighted by Crippen LogP contribution is 2.28. The van der Waals surface area contributed by atoms with Gasteiger partial charge in [0.1, 0.15) is 0 Å². The Hall–Kier alpha value is -1.77. The van der Waals surface area contributed by atoms with E-state index in [2.05, 4.69) is 0 Å². The fourth-order valence-corrected chi connectivity index (χ4v) is 2.32. The summed E-state index contributed by atoms with van der Waals surface area (Å²) in [5.41, 5.74) is 1.01. The largest absolute Gasteiger partial charge is 0.451 e. The van der Waals surface area contributed by atoms with Crippen molar-refractivity contribution in [1.29, 1.82) is 0 Å². The molecule has 2 nitrogen and oxygen atoms in total. The highest BCUT2D eigenvalue weighted by Gasteiger charge is 2.15. The average molecular weight is 291 g/mol. The lowest BCUT2D eigenvalue weighted by atomic mass is 10.1. The van der Waals surface area contributed by atoms with Crippen LogP contribution in [0, 0.1) is 0 Å². The Balaban J connectivity index is 2.09. The molecule has 3 aromatic rings. The molecule has 0 aliphatic heterocycles. The lowest BCUT2D eigenvalue weighted by molar-refractivity contribution is 0.101. The first-order valence-corrected chi connectivity index (χ1v) is 6.39. The Morgan fingerprint density at radius 3 is 2.53 bits per heavy atom. The van der Waals surface area contributed by atoms with E-state index in [-0.39, 0.29) is 11.5 Å². The molecule has 0 unspecified atom stereocenters. The van der Waals surface area contributed by atoms with Gasteiger partial charge in [0.2, 0.25) is 5.78 Å². The summed E-state index contributed by atoms with van der Waals surface area (Å²) >= 11 is 11.9. The number of halogens is 2. The third-order valence-corrected chi connectivity index (χ3v) is 3.34. The monoisotopic (exact) mass is 290 g/mol. The van der Waals surface area contributed by atoms with Gasteiger partial charge in [-0.2, -0.15) is 0 Å². The van der Waals surface area contributed by atoms with E-state index in [1.807, 2.05) is 12.1 Å². The van der Waals surface area contributed by atoms with Gasteiger partial charge in [-0.1, -0.05) is 47.5 Å². The minimum atomic E-state index is -0.213. The van der Waals surface area contributed by atoms with Crippen molar-refractivity contribution in [1.82, 2.24) is 0 Å². The Kier molecular flexibility index (Phi) is 3.05. The predicted molar refractivity (Wildman–Crippen MR) is 76.1 cm³/mol. The van der Waals surface area contributed by atoms with Crippen molar-refractivity contribution in [3.05, 3.63) is 69.9 Å². The number of rotatable bonds is 2. The summed E-state index contributed by atoms with van der Waals surface area (Å²) in [6, 6.07) is 13.8. The second-order valence-electron chi connectivity index (χ2n) is 4.11. The summed E-state index contributed by atoms with van der Waals surface area (Å²) in [7, 11) is 0. The highest BCUT2D eigenvalue weighted by atomic mass is 35.5. The Morgan fingerprint density at radius 2 is 1.79 bits per heavy atom. The number of para-hydroxylation sites is 1. The Morgan fingerprint density at radius 1 is 1.00 bits per heavy atom. The number of fused-ring (bicyclic) bond motifs is 1. The van der Waals surface area contributed by atoms with Gasteiger partial charge in [-0.15, -0.1) is 0 Å². The van der Waals surface area contributed by atoms with E-state index in [1.54, 1.807) is 36.4 Å². The lowest BCUT2D eigenvalue weighted by Gasteiger charge is -1.97. The number of benzene rings is 2. The molecule has 3 rings (SSSR count). The van der Waals surface area contributed by atoms with Crippen molar-refractivity contribution in [2.45, 2.75) is 0 Å². The van der Waals surface area contributed by atoms with Gasteiger partial charge >= 0.3 is 0 Å². The Labute approximate surface area is 119 Å². The van der Waals surface area contributed by atoms with Crippen molar-refractivity contribution in [3.63, 3.8) is 0 Å². The molecule has 0 saturated heterocycles. The summed E-state index contributed by atoms with van der Waals surface area (Å²) in [4.78, 5) is 12.3. The molecular weight excluding hydrogens is 283 g/mol. The molecule has 4 heteroatoms. The summed E-state index contributed by atoms with van der Waals surface area (Å²) in [5.74, 6) is 0.0418. The van der Waals surface area contributed by atoms with Crippen LogP contribution >= 0.6 is 23.2 Å². The molecule has 0 bridgehead atoms. The second-order valence-corrected chi connectivity index (χ2v) is 4.95. The molecule has 2 aromatic carbocycles. The average Bonchev–Trinajstić information content (AvgIpc) is 2.83. The molecule has 0 radical (unpaired) electrons. The van der Waals surface area contributed by atoms with Gasteiger partial charge < -0.3 is 4.42 Å². The van der Waals surface area contributed by atoms with Gasteiger partial charge in [0.25, 0.3) is 0 Å². The van der Waals surface area contributed by atoms with Crippen molar-refractivity contribution < 1.29 is 9.21 Å². The zero-order valence-corrected chi connectivity index (χ0v) is 11.2. The van der Waals surface area contributed by atoms with Crippen molar-refractivity contribution in [2.75, 3.05) is 0 Å². The molecular formula is C15H8Cl2O2. The third kappa shape index (κ3) is 2.25. The minimum Gasteiger partial charge on any atom is -0.451 e. The van der Waals surface area contributed by atoms with Crippen LogP contribution in [-0.4, -0.2) is 5.78 Å². The van der Waals surface area contributed by atoms with Crippen LogP contribution in [0.4, 0.5) is 0 Å². The molecule has 0 aliphatic carbocycles. The van der Waals surface area contributed by atoms with Gasteiger partial charge in [-0.3, -0.25) is 4.79 Å². The first kappa shape index (κ1) is 12.3. The van der Waals surface area contributed by atoms with E-state index in [4.69, 9.17) is 27.6 Å². The molecule has 0 fully saturated rings. The molecule has 0 aliphatic rings. The maximum atomic E-state index is 12.3. The van der Waals surface area contributed by atoms with Crippen LogP contribution in [-0.2, 0) is 0 Å². The molecule has 0 N–H and O–H groups in total. The number of ketones is 1. The van der Waals surface area contributed by atoms with E-state index < -0.39 is 0 Å². The summed E-state index contributed by atoms with van der Waals surface area (Å²) in [6.07, 6.45) is 0. The van der Waals surface area contributed by atoms with Crippen molar-refractivity contribution >= 4 is 40.0 Å². The number of hydrogen-bond acceptors (Lipinski definition) is 2. The first-order valence-electron chi connectivity index (χ1n) is 5.63. The number of furan rings is 1. The van der Waals surface area contributed by atoms with E-state index in [1.165, 1.54) is 0 Å². The third-order valence-electron chi connectivity index (χ3n) is 2.81. The normalized spacial score (nSPS) is 10.8. The lowest BCUT2D eigenvalue weighted by Crippen LogP contribution is -1.98. The van der Waals surface area contributed by atoms with Crippen LogP contribution < -0.4 is 0 Å². The van der Waals surface area contributed by atoms with E-state index in [0.717, 1.165) is 5.39 Å². The molecule has 0 saturated carbocycles. The topological polar surface area (TPSA) is 30.2 Å². The molecule has 0 spiro atoms. The van der Waals surface area contributed by atoms with Crippen LogP contribution in [0.25, 0.3) is 11.0 Å². The van der Waals surface area contributed by atoms with Gasteiger partial charge in [-0.25, -0.2) is 0 Å². The molecule has 1 heterocycles. The van der Waals surface area contributed by atoms with Crippen LogP contribution in [0.1, 0.15) is 16.1 Å². The molecule has 0 atom stereocenters. The Bertz CT molecular complexity index is 775. The zero-order chi connectivity index (χ0) is 13.4. The summed E-state index contributed by atoms with van der Waals surface area (Å²) in [6.45, 7) is 0. The first-order chi connectivity index (χ1) is 9.15. The standard InChI is InChI=1S/C15H8Cl2O2/c16-11-5-1-3-9(7-11)14(18)13-8-10-4-2-6-12(17)15(10)19-13/h1-8H. The predicted octanol–water partition coefficient (Wildman–Crippen LogP) is 4.97. The van der Waals surface area contributed by atoms with Crippen molar-refractivity contribution in [3.8, 4) is 0 Å². The molecule has 94 valence electrons. The molecule has 0 amide bonds. The fraction of sp³-hybridized carbons (Fsp3) is 0. The highest BCUT2D eigenvalue weighted by molar-refractivity contribution is 6.35. The molecule has 19 heavy (non-hydrogen) atoms. The summed E-state index contributed by atoms with van der Waals surface area (Å²) in [5, 5.41) is 1.81. The van der Waals surface area contributed by atoms with Crippen LogP contribution in [0.3, 0.4) is 0 Å².